The van der Waals surface area contributed by atoms with Crippen LogP contribution in [0.4, 0.5) is 11.5 Å². The first-order chi connectivity index (χ1) is 12.0. The van der Waals surface area contributed by atoms with Gasteiger partial charge in [-0.2, -0.15) is 0 Å². The molecule has 6 heteroatoms. The summed E-state index contributed by atoms with van der Waals surface area (Å²) in [7, 11) is 3.15. The van der Waals surface area contributed by atoms with E-state index in [4.69, 9.17) is 9.47 Å². The number of nitrogens with one attached hydrogen (secondary N) is 2. The van der Waals surface area contributed by atoms with E-state index in [2.05, 4.69) is 15.6 Å². The standard InChI is InChI=1S/C19H23N3O3/c1-13(2)21-18-9-7-15(12-20-18)22-19(23)10-6-14-5-8-16(24-3)17(11-14)25-4/h5-13H,1-4H3,(H,20,21)(H,22,23)/b10-6+. The van der Waals surface area contributed by atoms with Crippen LogP contribution >= 0.6 is 0 Å². The molecule has 0 fully saturated rings. The lowest BCUT2D eigenvalue weighted by Gasteiger charge is -2.09. The normalized spacial score (nSPS) is 10.8. The molecule has 2 rings (SSSR count). The van der Waals surface area contributed by atoms with E-state index in [1.54, 1.807) is 44.7 Å². The highest BCUT2D eigenvalue weighted by Gasteiger charge is 2.04. The molecular weight excluding hydrogens is 318 g/mol. The average molecular weight is 341 g/mol. The Morgan fingerprint density at radius 2 is 1.88 bits per heavy atom. The fourth-order valence-electron chi connectivity index (χ4n) is 2.16. The van der Waals surface area contributed by atoms with E-state index in [1.165, 1.54) is 6.08 Å². The fourth-order valence-corrected chi connectivity index (χ4v) is 2.16. The Morgan fingerprint density at radius 1 is 1.12 bits per heavy atom. The lowest BCUT2D eigenvalue weighted by Crippen LogP contribution is -2.12. The van der Waals surface area contributed by atoms with Crippen molar-refractivity contribution in [2.24, 2.45) is 0 Å². The summed E-state index contributed by atoms with van der Waals surface area (Å²) in [5.74, 6) is 1.79. The summed E-state index contributed by atoms with van der Waals surface area (Å²) in [4.78, 5) is 16.3. The van der Waals surface area contributed by atoms with E-state index in [9.17, 15) is 4.79 Å². The van der Waals surface area contributed by atoms with Crippen molar-refractivity contribution in [3.05, 3.63) is 48.2 Å². The van der Waals surface area contributed by atoms with Gasteiger partial charge in [0, 0.05) is 12.1 Å². The lowest BCUT2D eigenvalue weighted by molar-refractivity contribution is -0.111. The molecule has 0 atom stereocenters. The van der Waals surface area contributed by atoms with E-state index in [0.29, 0.717) is 23.2 Å². The zero-order valence-corrected chi connectivity index (χ0v) is 14.9. The van der Waals surface area contributed by atoms with Crippen molar-refractivity contribution >= 4 is 23.5 Å². The largest absolute Gasteiger partial charge is 0.493 e. The molecule has 0 aliphatic heterocycles. The van der Waals surface area contributed by atoms with Crippen molar-refractivity contribution in [3.63, 3.8) is 0 Å². The number of anilines is 2. The van der Waals surface area contributed by atoms with Crippen molar-refractivity contribution in [2.45, 2.75) is 19.9 Å². The number of carbonyl (C=O) groups excluding carboxylic acids is 1. The van der Waals surface area contributed by atoms with Crippen LogP contribution in [0.1, 0.15) is 19.4 Å². The van der Waals surface area contributed by atoms with E-state index < -0.39 is 0 Å². The first kappa shape index (κ1) is 18.3. The van der Waals surface area contributed by atoms with Crippen LogP contribution < -0.4 is 20.1 Å². The van der Waals surface area contributed by atoms with Crippen LogP contribution in [0.3, 0.4) is 0 Å². The number of pyridine rings is 1. The maximum Gasteiger partial charge on any atom is 0.248 e. The van der Waals surface area contributed by atoms with Gasteiger partial charge in [0.25, 0.3) is 0 Å². The molecule has 0 bridgehead atoms. The number of nitrogens with zero attached hydrogens (tertiary/aromatic N) is 1. The molecule has 2 N–H and O–H groups in total. The third kappa shape index (κ3) is 5.53. The number of hydrogen-bond donors (Lipinski definition) is 2. The van der Waals surface area contributed by atoms with Gasteiger partial charge in [0.1, 0.15) is 5.82 Å². The summed E-state index contributed by atoms with van der Waals surface area (Å²) in [6, 6.07) is 9.38. The van der Waals surface area contributed by atoms with E-state index in [0.717, 1.165) is 11.4 Å². The molecular formula is C19H23N3O3. The van der Waals surface area contributed by atoms with Crippen LogP contribution in [-0.4, -0.2) is 31.2 Å². The van der Waals surface area contributed by atoms with Crippen LogP contribution in [0.2, 0.25) is 0 Å². The zero-order chi connectivity index (χ0) is 18.2. The first-order valence-electron chi connectivity index (χ1n) is 7.95. The van der Waals surface area contributed by atoms with E-state index in [-0.39, 0.29) is 5.91 Å². The first-order valence-corrected chi connectivity index (χ1v) is 7.95. The topological polar surface area (TPSA) is 72.5 Å². The van der Waals surface area contributed by atoms with Gasteiger partial charge >= 0.3 is 0 Å². The maximum atomic E-state index is 12.0. The number of aromatic nitrogens is 1. The number of methoxy groups -OCH3 is 2. The smallest absolute Gasteiger partial charge is 0.248 e. The summed E-state index contributed by atoms with van der Waals surface area (Å²) in [5.41, 5.74) is 1.47. The number of benzene rings is 1. The second kappa shape index (κ2) is 8.73. The molecule has 1 aromatic heterocycles. The second-order valence-electron chi connectivity index (χ2n) is 5.67. The maximum absolute atomic E-state index is 12.0. The SMILES string of the molecule is COc1ccc(/C=C/C(=O)Nc2ccc(NC(C)C)nc2)cc1OC. The van der Waals surface area contributed by atoms with Gasteiger partial charge in [-0.05, 0) is 49.8 Å². The minimum atomic E-state index is -0.235. The molecule has 0 aliphatic rings. The molecule has 0 radical (unpaired) electrons. The van der Waals surface area contributed by atoms with Crippen LogP contribution in [0.25, 0.3) is 6.08 Å². The van der Waals surface area contributed by atoms with Crippen LogP contribution in [0, 0.1) is 0 Å². The third-order valence-electron chi connectivity index (χ3n) is 3.30. The fraction of sp³-hybridized carbons (Fsp3) is 0.263. The highest BCUT2D eigenvalue weighted by atomic mass is 16.5. The van der Waals surface area contributed by atoms with Gasteiger partial charge in [-0.3, -0.25) is 4.79 Å². The number of carbonyl (C=O) groups is 1. The van der Waals surface area contributed by atoms with Gasteiger partial charge in [0.2, 0.25) is 5.91 Å². The van der Waals surface area contributed by atoms with Gasteiger partial charge in [0.15, 0.2) is 11.5 Å². The zero-order valence-electron chi connectivity index (χ0n) is 14.9. The number of amides is 1. The predicted octanol–water partition coefficient (Wildman–Crippen LogP) is 3.57. The van der Waals surface area contributed by atoms with Crippen molar-refractivity contribution < 1.29 is 14.3 Å². The lowest BCUT2D eigenvalue weighted by atomic mass is 10.2. The second-order valence-corrected chi connectivity index (χ2v) is 5.67. The summed E-state index contributed by atoms with van der Waals surface area (Å²) in [6.45, 7) is 4.08. The molecule has 0 unspecified atom stereocenters. The van der Waals surface area contributed by atoms with Crippen molar-refractivity contribution in [3.8, 4) is 11.5 Å². The van der Waals surface area contributed by atoms with Gasteiger partial charge in [-0.1, -0.05) is 6.07 Å². The van der Waals surface area contributed by atoms with Crippen molar-refractivity contribution in [1.82, 2.24) is 4.98 Å². The minimum Gasteiger partial charge on any atom is -0.493 e. The van der Waals surface area contributed by atoms with Crippen molar-refractivity contribution in [1.29, 1.82) is 0 Å². The molecule has 0 aliphatic carbocycles. The van der Waals surface area contributed by atoms with Crippen LogP contribution in [0.15, 0.2) is 42.6 Å². The quantitative estimate of drug-likeness (QED) is 0.753. The van der Waals surface area contributed by atoms with Gasteiger partial charge in [-0.15, -0.1) is 0 Å². The molecule has 1 amide bonds. The van der Waals surface area contributed by atoms with E-state index in [1.807, 2.05) is 26.0 Å². The molecule has 1 aromatic carbocycles. The molecule has 1 heterocycles. The van der Waals surface area contributed by atoms with Gasteiger partial charge in [0.05, 0.1) is 26.1 Å². The third-order valence-corrected chi connectivity index (χ3v) is 3.30. The highest BCUT2D eigenvalue weighted by Crippen LogP contribution is 2.27. The van der Waals surface area contributed by atoms with Crippen molar-refractivity contribution in [2.75, 3.05) is 24.9 Å². The molecule has 2 aromatic rings. The summed E-state index contributed by atoms with van der Waals surface area (Å²) >= 11 is 0. The Balaban J connectivity index is 1.98. The summed E-state index contributed by atoms with van der Waals surface area (Å²) in [6.07, 6.45) is 4.79. The number of rotatable bonds is 7. The Kier molecular flexibility index (Phi) is 6.39. The summed E-state index contributed by atoms with van der Waals surface area (Å²) in [5, 5.41) is 5.96. The molecule has 0 saturated heterocycles. The van der Waals surface area contributed by atoms with Gasteiger partial charge in [-0.25, -0.2) is 4.98 Å². The predicted molar refractivity (Wildman–Crippen MR) is 100 cm³/mol. The Labute approximate surface area is 147 Å². The average Bonchev–Trinajstić information content (AvgIpc) is 2.61. The minimum absolute atomic E-state index is 0.235. The Hall–Kier alpha value is -3.02. The molecule has 25 heavy (non-hydrogen) atoms. The summed E-state index contributed by atoms with van der Waals surface area (Å²) < 4.78 is 10.4. The molecule has 132 valence electrons. The monoisotopic (exact) mass is 341 g/mol. The van der Waals surface area contributed by atoms with Gasteiger partial charge < -0.3 is 20.1 Å². The Morgan fingerprint density at radius 3 is 2.48 bits per heavy atom. The van der Waals surface area contributed by atoms with Crippen LogP contribution in [0.5, 0.6) is 11.5 Å². The van der Waals surface area contributed by atoms with E-state index >= 15 is 0 Å². The number of ether oxygens (including phenoxy) is 2. The molecule has 0 spiro atoms. The Bertz CT molecular complexity index is 740. The highest BCUT2D eigenvalue weighted by molar-refractivity contribution is 6.01. The molecule has 0 saturated carbocycles. The molecule has 6 nitrogen and oxygen atoms in total. The number of hydrogen-bond acceptors (Lipinski definition) is 5. The van der Waals surface area contributed by atoms with Crippen LogP contribution in [-0.2, 0) is 4.79 Å².